The number of ether oxygens (including phenoxy) is 3. The van der Waals surface area contributed by atoms with Gasteiger partial charge in [-0.3, -0.25) is 9.59 Å². The molecule has 10 nitrogen and oxygen atoms in total. The van der Waals surface area contributed by atoms with E-state index in [1.807, 2.05) is 27.7 Å². The van der Waals surface area contributed by atoms with E-state index in [-0.39, 0.29) is 30.9 Å². The van der Waals surface area contributed by atoms with Crippen LogP contribution in [-0.4, -0.2) is 70.5 Å². The molecule has 0 bridgehead atoms. The lowest BCUT2D eigenvalue weighted by Gasteiger charge is -2.71. The van der Waals surface area contributed by atoms with Crippen LogP contribution in [0.4, 0.5) is 0 Å². The van der Waals surface area contributed by atoms with Crippen molar-refractivity contribution in [2.75, 3.05) is 7.11 Å². The van der Waals surface area contributed by atoms with Gasteiger partial charge in [-0.15, -0.1) is 0 Å². The van der Waals surface area contributed by atoms with Crippen molar-refractivity contribution in [1.82, 2.24) is 0 Å². The number of carbonyl (C=O) groups excluding carboxylic acids is 4. The van der Waals surface area contributed by atoms with E-state index in [1.165, 1.54) is 13.0 Å². The van der Waals surface area contributed by atoms with Gasteiger partial charge in [0, 0.05) is 29.7 Å². The van der Waals surface area contributed by atoms with E-state index in [2.05, 4.69) is 0 Å². The molecule has 10 atom stereocenters. The normalized spacial score (nSPS) is 43.1. The second-order valence-corrected chi connectivity index (χ2v) is 12.9. The molecule has 1 heterocycles. The van der Waals surface area contributed by atoms with Crippen LogP contribution in [0, 0.1) is 39.9 Å². The van der Waals surface area contributed by atoms with Crippen LogP contribution < -0.4 is 0 Å². The molecule has 2 saturated carbocycles. The average molecular weight is 563 g/mol. The van der Waals surface area contributed by atoms with Crippen LogP contribution >= 0.6 is 0 Å². The van der Waals surface area contributed by atoms with Gasteiger partial charge >= 0.3 is 17.9 Å². The predicted molar refractivity (Wildman–Crippen MR) is 141 cm³/mol. The first-order valence-corrected chi connectivity index (χ1v) is 14.0. The van der Waals surface area contributed by atoms with Crippen molar-refractivity contribution >= 4 is 23.7 Å². The molecule has 0 aromatic carbocycles. The number of allylic oxidation sites excluding steroid dienone is 3. The third-order valence-corrected chi connectivity index (χ3v) is 10.9. The molecule has 4 aliphatic rings. The molecular formula is C30H42O10. The van der Waals surface area contributed by atoms with E-state index in [0.29, 0.717) is 5.57 Å². The summed E-state index contributed by atoms with van der Waals surface area (Å²) in [5, 5.41) is 34.1. The highest BCUT2D eigenvalue weighted by Crippen LogP contribution is 2.72. The lowest BCUT2D eigenvalue weighted by atomic mass is 9.35. The first-order valence-electron chi connectivity index (χ1n) is 14.0. The minimum atomic E-state index is -1.87. The van der Waals surface area contributed by atoms with Crippen LogP contribution in [0.3, 0.4) is 0 Å². The molecule has 222 valence electrons. The Bertz CT molecular complexity index is 1180. The maximum atomic E-state index is 13.7. The van der Waals surface area contributed by atoms with Crippen LogP contribution in [0.25, 0.3) is 0 Å². The number of hydrogen-bond acceptors (Lipinski definition) is 10. The fraction of sp³-hybridized carbons (Fsp3) is 0.733. The van der Waals surface area contributed by atoms with Crippen molar-refractivity contribution in [3.05, 3.63) is 23.0 Å². The van der Waals surface area contributed by atoms with Crippen molar-refractivity contribution in [3.63, 3.8) is 0 Å². The van der Waals surface area contributed by atoms with Crippen molar-refractivity contribution in [2.24, 2.45) is 39.9 Å². The fourth-order valence-corrected chi connectivity index (χ4v) is 8.69. The Morgan fingerprint density at radius 2 is 1.80 bits per heavy atom. The van der Waals surface area contributed by atoms with Gasteiger partial charge in [0.15, 0.2) is 11.5 Å². The van der Waals surface area contributed by atoms with Crippen LogP contribution in [0.2, 0.25) is 0 Å². The Morgan fingerprint density at radius 1 is 1.18 bits per heavy atom. The van der Waals surface area contributed by atoms with E-state index in [9.17, 15) is 34.5 Å². The van der Waals surface area contributed by atoms with Crippen LogP contribution in [0.15, 0.2) is 23.0 Å². The van der Waals surface area contributed by atoms with E-state index in [0.717, 1.165) is 12.7 Å². The molecule has 1 saturated heterocycles. The van der Waals surface area contributed by atoms with Crippen molar-refractivity contribution in [3.8, 4) is 0 Å². The SMILES string of the molecule is CC[C@@]12[C@@H]3[C@@H](O)[C@H](O)C(C)(C(=O)OC)[C@@H]1[C@@H](OC(=O)/C=C(\C)C(C)C)C(=O)O[C@@H]2C[C@H]1C(C)=C(O)C(=O)C[C@]31C. The minimum absolute atomic E-state index is 0.0420. The number of aliphatic hydroxyl groups is 3. The topological polar surface area (TPSA) is 157 Å². The van der Waals surface area contributed by atoms with Crippen LogP contribution in [0.1, 0.15) is 67.7 Å². The third kappa shape index (κ3) is 3.89. The zero-order valence-electron chi connectivity index (χ0n) is 24.5. The van der Waals surface area contributed by atoms with Gasteiger partial charge in [0.2, 0.25) is 6.10 Å². The third-order valence-electron chi connectivity index (χ3n) is 10.9. The summed E-state index contributed by atoms with van der Waals surface area (Å²) in [5.74, 6) is -5.74. The first-order chi connectivity index (χ1) is 18.5. The lowest BCUT2D eigenvalue weighted by Crippen LogP contribution is -2.79. The predicted octanol–water partition coefficient (Wildman–Crippen LogP) is 2.80. The Labute approximate surface area is 234 Å². The summed E-state index contributed by atoms with van der Waals surface area (Å²) in [7, 11) is 1.15. The minimum Gasteiger partial charge on any atom is -0.504 e. The average Bonchev–Trinajstić information content (AvgIpc) is 2.89. The summed E-state index contributed by atoms with van der Waals surface area (Å²) in [6.45, 7) is 12.3. The number of esters is 3. The summed E-state index contributed by atoms with van der Waals surface area (Å²) in [6, 6.07) is 0. The van der Waals surface area contributed by atoms with Crippen molar-refractivity contribution in [1.29, 1.82) is 0 Å². The van der Waals surface area contributed by atoms with Gasteiger partial charge in [0.05, 0.1) is 19.3 Å². The van der Waals surface area contributed by atoms with Crippen LogP contribution in [0.5, 0.6) is 0 Å². The molecule has 0 aromatic rings. The van der Waals surface area contributed by atoms with Gasteiger partial charge in [-0.2, -0.15) is 0 Å². The second-order valence-electron chi connectivity index (χ2n) is 12.9. The molecule has 1 unspecified atom stereocenters. The maximum absolute atomic E-state index is 13.7. The Morgan fingerprint density at radius 3 is 2.35 bits per heavy atom. The van der Waals surface area contributed by atoms with E-state index in [1.54, 1.807) is 13.8 Å². The number of ketones is 1. The molecule has 1 aliphatic heterocycles. The van der Waals surface area contributed by atoms with Crippen LogP contribution in [-0.2, 0) is 33.4 Å². The van der Waals surface area contributed by atoms with Gasteiger partial charge in [-0.1, -0.05) is 33.3 Å². The van der Waals surface area contributed by atoms with Crippen molar-refractivity contribution < 1.29 is 48.7 Å². The lowest BCUT2D eigenvalue weighted by molar-refractivity contribution is -0.320. The molecule has 4 rings (SSSR count). The first kappa shape index (κ1) is 30.2. The number of rotatable bonds is 5. The second kappa shape index (κ2) is 9.98. The molecule has 3 fully saturated rings. The van der Waals surface area contributed by atoms with Gasteiger partial charge in [-0.25, -0.2) is 9.59 Å². The molecule has 3 N–H and O–H groups in total. The quantitative estimate of drug-likeness (QED) is 0.259. The highest BCUT2D eigenvalue weighted by molar-refractivity contribution is 5.95. The molecule has 0 spiro atoms. The molecule has 10 heteroatoms. The highest BCUT2D eigenvalue weighted by atomic mass is 16.6. The number of Topliss-reactive ketones (excluding diaryl/α,β-unsaturated/α-hetero) is 1. The monoisotopic (exact) mass is 562 g/mol. The Kier molecular flexibility index (Phi) is 7.54. The summed E-state index contributed by atoms with van der Waals surface area (Å²) in [5.41, 5.74) is -2.87. The molecule has 40 heavy (non-hydrogen) atoms. The molecule has 0 amide bonds. The smallest absolute Gasteiger partial charge is 0.348 e. The number of methoxy groups -OCH3 is 1. The number of aliphatic hydroxyl groups excluding tert-OH is 3. The van der Waals surface area contributed by atoms with Gasteiger partial charge in [0.1, 0.15) is 11.5 Å². The van der Waals surface area contributed by atoms with Gasteiger partial charge in [-0.05, 0) is 56.4 Å². The highest BCUT2D eigenvalue weighted by Gasteiger charge is 2.79. The standard InChI is InChI=1S/C30H42O10/c1-9-30-18-11-16-15(5)20(33)17(31)12-28(16,6)23(30)21(34)25(35)29(7,27(37)38-8)24(30)22(26(36)39-18)40-19(32)10-14(4)13(2)3/h10,13,16,18,21-25,33-35H,9,11-12H2,1-8H3/b14-10+/t16-,18+,21+,22+,23+,24-,25-,28-,29?,30+/m0/s1. The summed E-state index contributed by atoms with van der Waals surface area (Å²) in [4.78, 5) is 53.2. The number of hydrogen-bond donors (Lipinski definition) is 3. The largest absolute Gasteiger partial charge is 0.504 e. The molecular weight excluding hydrogens is 520 g/mol. The Hall–Kier alpha value is -2.72. The number of fused-ring (bicyclic) bond motifs is 2. The summed E-state index contributed by atoms with van der Waals surface area (Å²) >= 11 is 0. The molecule has 3 aliphatic carbocycles. The van der Waals surface area contributed by atoms with Crippen molar-refractivity contribution in [2.45, 2.75) is 92.1 Å². The van der Waals surface area contributed by atoms with Gasteiger partial charge < -0.3 is 29.5 Å². The zero-order valence-corrected chi connectivity index (χ0v) is 24.5. The Balaban J connectivity index is 1.98. The molecule has 0 radical (unpaired) electrons. The summed E-state index contributed by atoms with van der Waals surface area (Å²) in [6.07, 6.45) is -4.01. The maximum Gasteiger partial charge on any atom is 0.348 e. The molecule has 0 aromatic heterocycles. The summed E-state index contributed by atoms with van der Waals surface area (Å²) < 4.78 is 16.9. The zero-order chi connectivity index (χ0) is 30.1. The number of carbonyl (C=O) groups is 4. The fourth-order valence-electron chi connectivity index (χ4n) is 8.69. The van der Waals surface area contributed by atoms with E-state index < -0.39 is 82.1 Å². The van der Waals surface area contributed by atoms with E-state index in [4.69, 9.17) is 14.2 Å². The van der Waals surface area contributed by atoms with Gasteiger partial charge in [0.25, 0.3) is 0 Å². The van der Waals surface area contributed by atoms with E-state index >= 15 is 0 Å².